The SMILES string of the molecule is COc1ccc(C(=O)c2ccc(Oc3c(C)cc(-c4cc(C)c(C)c(C)c4)cc3C)cc2)cc1. The molecule has 0 spiro atoms. The smallest absolute Gasteiger partial charge is 0.193 e. The molecule has 0 N–H and O–H groups in total. The molecule has 0 heterocycles. The molecule has 0 amide bonds. The lowest BCUT2D eigenvalue weighted by molar-refractivity contribution is 0.103. The Labute approximate surface area is 202 Å². The van der Waals surface area contributed by atoms with Crippen LogP contribution in [-0.4, -0.2) is 12.9 Å². The summed E-state index contributed by atoms with van der Waals surface area (Å²) >= 11 is 0. The highest BCUT2D eigenvalue weighted by atomic mass is 16.5. The van der Waals surface area contributed by atoms with E-state index in [4.69, 9.17) is 9.47 Å². The van der Waals surface area contributed by atoms with Gasteiger partial charge in [-0.2, -0.15) is 0 Å². The maximum Gasteiger partial charge on any atom is 0.193 e. The summed E-state index contributed by atoms with van der Waals surface area (Å²) < 4.78 is 11.4. The van der Waals surface area contributed by atoms with E-state index in [1.165, 1.54) is 27.8 Å². The Morgan fingerprint density at radius 1 is 0.588 bits per heavy atom. The lowest BCUT2D eigenvalue weighted by Crippen LogP contribution is -2.01. The zero-order chi connectivity index (χ0) is 24.4. The normalized spacial score (nSPS) is 10.8. The van der Waals surface area contributed by atoms with Crippen LogP contribution >= 0.6 is 0 Å². The number of carbonyl (C=O) groups is 1. The number of carbonyl (C=O) groups excluding carboxylic acids is 1. The van der Waals surface area contributed by atoms with Crippen molar-refractivity contribution in [1.82, 2.24) is 0 Å². The molecule has 0 saturated carbocycles. The molecular weight excluding hydrogens is 420 g/mol. The van der Waals surface area contributed by atoms with Crippen molar-refractivity contribution in [1.29, 1.82) is 0 Å². The number of ketones is 1. The van der Waals surface area contributed by atoms with E-state index in [0.29, 0.717) is 16.9 Å². The molecule has 4 rings (SSSR count). The topological polar surface area (TPSA) is 35.5 Å². The van der Waals surface area contributed by atoms with E-state index in [9.17, 15) is 4.79 Å². The lowest BCUT2D eigenvalue weighted by Gasteiger charge is -2.16. The van der Waals surface area contributed by atoms with Crippen LogP contribution in [0.25, 0.3) is 11.1 Å². The first-order valence-corrected chi connectivity index (χ1v) is 11.4. The largest absolute Gasteiger partial charge is 0.497 e. The van der Waals surface area contributed by atoms with E-state index in [1.807, 2.05) is 12.1 Å². The summed E-state index contributed by atoms with van der Waals surface area (Å²) in [5, 5.41) is 0. The van der Waals surface area contributed by atoms with Crippen molar-refractivity contribution in [3.8, 4) is 28.4 Å². The van der Waals surface area contributed by atoms with E-state index in [-0.39, 0.29) is 5.78 Å². The Bertz CT molecular complexity index is 1300. The summed E-state index contributed by atoms with van der Waals surface area (Å²) in [5.74, 6) is 2.24. The van der Waals surface area contributed by atoms with Gasteiger partial charge in [0, 0.05) is 11.1 Å². The summed E-state index contributed by atoms with van der Waals surface area (Å²) in [6.45, 7) is 10.6. The summed E-state index contributed by atoms with van der Waals surface area (Å²) in [7, 11) is 1.61. The molecule has 34 heavy (non-hydrogen) atoms. The van der Waals surface area contributed by atoms with E-state index in [1.54, 1.807) is 43.5 Å². The van der Waals surface area contributed by atoms with Crippen LogP contribution in [0, 0.1) is 34.6 Å². The van der Waals surface area contributed by atoms with Crippen molar-refractivity contribution in [2.24, 2.45) is 0 Å². The zero-order valence-corrected chi connectivity index (χ0v) is 20.7. The number of hydrogen-bond acceptors (Lipinski definition) is 3. The van der Waals surface area contributed by atoms with E-state index in [2.05, 4.69) is 58.9 Å². The number of methoxy groups -OCH3 is 1. The van der Waals surface area contributed by atoms with E-state index in [0.717, 1.165) is 22.6 Å². The van der Waals surface area contributed by atoms with Gasteiger partial charge in [-0.15, -0.1) is 0 Å². The van der Waals surface area contributed by atoms with Gasteiger partial charge in [-0.1, -0.05) is 12.1 Å². The lowest BCUT2D eigenvalue weighted by atomic mass is 9.94. The van der Waals surface area contributed by atoms with Crippen molar-refractivity contribution in [2.45, 2.75) is 34.6 Å². The molecule has 0 unspecified atom stereocenters. The summed E-state index contributed by atoms with van der Waals surface area (Å²) in [4.78, 5) is 12.8. The Balaban J connectivity index is 1.55. The molecule has 0 aromatic heterocycles. The molecule has 0 aliphatic heterocycles. The van der Waals surface area contributed by atoms with Crippen molar-refractivity contribution < 1.29 is 14.3 Å². The minimum atomic E-state index is -0.0328. The van der Waals surface area contributed by atoms with Gasteiger partial charge < -0.3 is 9.47 Å². The zero-order valence-electron chi connectivity index (χ0n) is 20.7. The Morgan fingerprint density at radius 3 is 1.44 bits per heavy atom. The van der Waals surface area contributed by atoms with Crippen molar-refractivity contribution in [3.63, 3.8) is 0 Å². The highest BCUT2D eigenvalue weighted by Crippen LogP contribution is 2.34. The second kappa shape index (κ2) is 9.56. The number of aryl methyl sites for hydroxylation is 4. The number of ether oxygens (including phenoxy) is 2. The van der Waals surface area contributed by atoms with Gasteiger partial charge >= 0.3 is 0 Å². The third-order valence-electron chi connectivity index (χ3n) is 6.41. The molecule has 4 aromatic rings. The molecule has 3 heteroatoms. The first-order chi connectivity index (χ1) is 16.3. The maximum atomic E-state index is 12.8. The Morgan fingerprint density at radius 2 is 1.00 bits per heavy atom. The molecule has 0 atom stereocenters. The minimum Gasteiger partial charge on any atom is -0.497 e. The Kier molecular flexibility index (Phi) is 6.56. The maximum absolute atomic E-state index is 12.8. The summed E-state index contributed by atoms with van der Waals surface area (Å²) in [5.41, 5.74) is 9.74. The van der Waals surface area contributed by atoms with Crippen LogP contribution in [0.4, 0.5) is 0 Å². The number of benzene rings is 4. The van der Waals surface area contributed by atoms with Crippen LogP contribution in [0.2, 0.25) is 0 Å². The van der Waals surface area contributed by atoms with Gasteiger partial charge in [0.2, 0.25) is 0 Å². The molecular formula is C31H30O3. The predicted octanol–water partition coefficient (Wildman–Crippen LogP) is 7.93. The second-order valence-electron chi connectivity index (χ2n) is 8.86. The first-order valence-electron chi connectivity index (χ1n) is 11.4. The number of rotatable bonds is 6. The molecule has 172 valence electrons. The van der Waals surface area contributed by atoms with Crippen LogP contribution in [0.15, 0.2) is 72.8 Å². The molecule has 0 saturated heterocycles. The van der Waals surface area contributed by atoms with Crippen LogP contribution in [-0.2, 0) is 0 Å². The Hall–Kier alpha value is -3.85. The third-order valence-corrected chi connectivity index (χ3v) is 6.41. The van der Waals surface area contributed by atoms with E-state index < -0.39 is 0 Å². The predicted molar refractivity (Wildman–Crippen MR) is 139 cm³/mol. The quantitative estimate of drug-likeness (QED) is 0.280. The fourth-order valence-corrected chi connectivity index (χ4v) is 4.18. The monoisotopic (exact) mass is 450 g/mol. The average molecular weight is 451 g/mol. The first kappa shape index (κ1) is 23.3. The highest BCUT2D eigenvalue weighted by Gasteiger charge is 2.13. The van der Waals surface area contributed by atoms with Gasteiger partial charge in [-0.25, -0.2) is 0 Å². The fraction of sp³-hybridized carbons (Fsp3) is 0.194. The molecule has 0 fully saturated rings. The van der Waals surface area contributed by atoms with Gasteiger partial charge in [0.1, 0.15) is 17.2 Å². The van der Waals surface area contributed by atoms with Crippen LogP contribution < -0.4 is 9.47 Å². The van der Waals surface area contributed by atoms with Gasteiger partial charge in [0.25, 0.3) is 0 Å². The van der Waals surface area contributed by atoms with Crippen molar-refractivity contribution in [3.05, 3.63) is 112 Å². The highest BCUT2D eigenvalue weighted by molar-refractivity contribution is 6.09. The third kappa shape index (κ3) is 4.74. The molecule has 4 aromatic carbocycles. The van der Waals surface area contributed by atoms with Crippen LogP contribution in [0.3, 0.4) is 0 Å². The van der Waals surface area contributed by atoms with Gasteiger partial charge in [0.15, 0.2) is 5.78 Å². The van der Waals surface area contributed by atoms with Gasteiger partial charge in [0.05, 0.1) is 7.11 Å². The molecule has 0 aliphatic rings. The van der Waals surface area contributed by atoms with E-state index >= 15 is 0 Å². The van der Waals surface area contributed by atoms with Crippen molar-refractivity contribution in [2.75, 3.05) is 7.11 Å². The molecule has 0 radical (unpaired) electrons. The average Bonchev–Trinajstić information content (AvgIpc) is 2.84. The van der Waals surface area contributed by atoms with Crippen LogP contribution in [0.1, 0.15) is 43.7 Å². The number of hydrogen-bond donors (Lipinski definition) is 0. The second-order valence-corrected chi connectivity index (χ2v) is 8.86. The van der Waals surface area contributed by atoms with Gasteiger partial charge in [-0.3, -0.25) is 4.79 Å². The van der Waals surface area contributed by atoms with Crippen LogP contribution in [0.5, 0.6) is 17.2 Å². The summed E-state index contributed by atoms with van der Waals surface area (Å²) in [6, 6.07) is 23.3. The van der Waals surface area contributed by atoms with Gasteiger partial charge in [-0.05, 0) is 134 Å². The molecule has 3 nitrogen and oxygen atoms in total. The fourth-order valence-electron chi connectivity index (χ4n) is 4.18. The minimum absolute atomic E-state index is 0.0328. The molecule has 0 aliphatic carbocycles. The standard InChI is InChI=1S/C31H30O3/c1-19-15-26(16-20(2)23(19)5)27-17-21(3)31(22(4)18-27)34-29-13-9-25(10-14-29)30(32)24-7-11-28(33-6)12-8-24/h7-18H,1-6H3. The van der Waals surface area contributed by atoms with Crippen molar-refractivity contribution >= 4 is 5.78 Å². The summed E-state index contributed by atoms with van der Waals surface area (Å²) in [6.07, 6.45) is 0. The molecule has 0 bridgehead atoms.